The summed E-state index contributed by atoms with van der Waals surface area (Å²) < 4.78 is 3.56. The number of hydrogen-bond acceptors (Lipinski definition) is 5. The van der Waals surface area contributed by atoms with Gasteiger partial charge in [0.2, 0.25) is 5.82 Å². The molecule has 2 aromatic heterocycles. The Hall–Kier alpha value is -3.55. The van der Waals surface area contributed by atoms with Crippen LogP contribution in [0.5, 0.6) is 0 Å². The Morgan fingerprint density at radius 2 is 1.77 bits per heavy atom. The molecule has 1 aliphatic rings. The number of hydrogen-bond donors (Lipinski definition) is 1. The fourth-order valence-electron chi connectivity index (χ4n) is 5.16. The predicted octanol–water partition coefficient (Wildman–Crippen LogP) is 4.86. The third-order valence-corrected chi connectivity index (χ3v) is 7.07. The fourth-order valence-corrected chi connectivity index (χ4v) is 5.16. The minimum Gasteiger partial charge on any atom is -0.274 e. The Morgan fingerprint density at radius 1 is 1.00 bits per heavy atom. The number of nitrogens with zero attached hydrogens (tertiary/aromatic N) is 6. The number of aromatic nitrogens is 7. The Morgan fingerprint density at radius 3 is 2.49 bits per heavy atom. The van der Waals surface area contributed by atoms with Gasteiger partial charge in [-0.3, -0.25) is 4.57 Å². The highest BCUT2D eigenvalue weighted by Crippen LogP contribution is 2.30. The van der Waals surface area contributed by atoms with Crippen molar-refractivity contribution < 1.29 is 0 Å². The SMILES string of the molecule is CCCc1nn(CCC2CCCCC2)c(=O)n1Cc1ccc(-c2ccccc2-c2nn[nH]n2)cc1. The van der Waals surface area contributed by atoms with Crippen LogP contribution >= 0.6 is 0 Å². The molecule has 1 N–H and O–H groups in total. The molecule has 8 nitrogen and oxygen atoms in total. The van der Waals surface area contributed by atoms with E-state index >= 15 is 0 Å². The highest BCUT2D eigenvalue weighted by atomic mass is 16.2. The maximum Gasteiger partial charge on any atom is 0.346 e. The van der Waals surface area contributed by atoms with E-state index in [4.69, 9.17) is 5.10 Å². The maximum absolute atomic E-state index is 13.2. The summed E-state index contributed by atoms with van der Waals surface area (Å²) in [5.41, 5.74) is 4.13. The van der Waals surface area contributed by atoms with Gasteiger partial charge in [-0.15, -0.1) is 10.2 Å². The number of benzene rings is 2. The summed E-state index contributed by atoms with van der Waals surface area (Å²) in [6, 6.07) is 16.4. The molecule has 1 saturated carbocycles. The van der Waals surface area contributed by atoms with Crippen LogP contribution in [0.25, 0.3) is 22.5 Å². The minimum absolute atomic E-state index is 0.00999. The van der Waals surface area contributed by atoms with E-state index in [1.165, 1.54) is 32.1 Å². The van der Waals surface area contributed by atoms with Crippen LogP contribution in [0.4, 0.5) is 0 Å². The average Bonchev–Trinajstić information content (AvgIpc) is 3.54. The number of aryl methyl sites for hydroxylation is 2. The summed E-state index contributed by atoms with van der Waals surface area (Å²) >= 11 is 0. The molecule has 182 valence electrons. The van der Waals surface area contributed by atoms with Crippen molar-refractivity contribution in [2.45, 2.75) is 71.4 Å². The zero-order valence-electron chi connectivity index (χ0n) is 20.4. The standard InChI is InChI=1S/C27H33N7O/c1-2-8-25-30-34(18-17-20-9-4-3-5-10-20)27(35)33(25)19-21-13-15-22(16-14-21)23-11-6-7-12-24(23)26-28-31-32-29-26/h6-7,11-16,20H,2-5,8-10,17-19H2,1H3,(H,28,29,31,32). The number of nitrogens with one attached hydrogen (secondary N) is 1. The van der Waals surface area contributed by atoms with Crippen LogP contribution in [0, 0.1) is 5.92 Å². The van der Waals surface area contributed by atoms with Gasteiger partial charge in [0.25, 0.3) is 0 Å². The van der Waals surface area contributed by atoms with E-state index in [1.807, 2.05) is 22.8 Å². The Balaban J connectivity index is 1.35. The highest BCUT2D eigenvalue weighted by Gasteiger charge is 2.17. The first kappa shape index (κ1) is 23.2. The molecule has 0 bridgehead atoms. The Labute approximate surface area is 205 Å². The smallest absolute Gasteiger partial charge is 0.274 e. The fraction of sp³-hybridized carbons (Fsp3) is 0.444. The molecular weight excluding hydrogens is 438 g/mol. The summed E-state index contributed by atoms with van der Waals surface area (Å²) in [5.74, 6) is 2.19. The van der Waals surface area contributed by atoms with Gasteiger partial charge in [0.05, 0.1) is 6.54 Å². The van der Waals surface area contributed by atoms with Crippen LogP contribution in [0.15, 0.2) is 53.3 Å². The summed E-state index contributed by atoms with van der Waals surface area (Å²) in [5, 5.41) is 19.2. The van der Waals surface area contributed by atoms with Gasteiger partial charge >= 0.3 is 5.69 Å². The van der Waals surface area contributed by atoms with Crippen LogP contribution in [-0.4, -0.2) is 35.0 Å². The summed E-state index contributed by atoms with van der Waals surface area (Å²) in [4.78, 5) is 13.2. The monoisotopic (exact) mass is 471 g/mol. The lowest BCUT2D eigenvalue weighted by molar-refractivity contribution is 0.316. The van der Waals surface area contributed by atoms with Crippen LogP contribution in [-0.2, 0) is 19.5 Å². The van der Waals surface area contributed by atoms with Crippen LogP contribution < -0.4 is 5.69 Å². The second-order valence-electron chi connectivity index (χ2n) is 9.53. The maximum atomic E-state index is 13.2. The molecule has 0 radical (unpaired) electrons. The molecule has 0 aliphatic heterocycles. The van der Waals surface area contributed by atoms with Crippen molar-refractivity contribution in [3.05, 3.63) is 70.4 Å². The van der Waals surface area contributed by atoms with Crippen molar-refractivity contribution in [1.29, 1.82) is 0 Å². The third kappa shape index (κ3) is 5.26. The first-order valence-electron chi connectivity index (χ1n) is 12.8. The zero-order chi connectivity index (χ0) is 24.0. The van der Waals surface area contributed by atoms with E-state index in [0.29, 0.717) is 12.4 Å². The third-order valence-electron chi connectivity index (χ3n) is 7.07. The van der Waals surface area contributed by atoms with Crippen molar-refractivity contribution in [1.82, 2.24) is 35.0 Å². The molecule has 1 aliphatic carbocycles. The van der Waals surface area contributed by atoms with E-state index in [9.17, 15) is 4.79 Å². The molecule has 0 spiro atoms. The molecule has 0 amide bonds. The highest BCUT2D eigenvalue weighted by molar-refractivity contribution is 5.80. The Kier molecular flexibility index (Phi) is 7.16. The molecule has 5 rings (SSSR count). The van der Waals surface area contributed by atoms with Gasteiger partial charge in [0.1, 0.15) is 5.82 Å². The second kappa shape index (κ2) is 10.8. The number of aromatic amines is 1. The number of tetrazole rings is 1. The quantitative estimate of drug-likeness (QED) is 0.376. The molecule has 0 saturated heterocycles. The molecule has 35 heavy (non-hydrogen) atoms. The molecule has 8 heteroatoms. The average molecular weight is 472 g/mol. The van der Waals surface area contributed by atoms with E-state index in [1.54, 1.807) is 4.68 Å². The molecule has 4 aromatic rings. The van der Waals surface area contributed by atoms with Crippen LogP contribution in [0.3, 0.4) is 0 Å². The first-order valence-corrected chi connectivity index (χ1v) is 12.8. The molecule has 2 heterocycles. The van der Waals surface area contributed by atoms with Gasteiger partial charge < -0.3 is 0 Å². The Bertz CT molecular complexity index is 1280. The number of H-pyrrole nitrogens is 1. The second-order valence-corrected chi connectivity index (χ2v) is 9.53. The van der Waals surface area contributed by atoms with E-state index < -0.39 is 0 Å². The van der Waals surface area contributed by atoms with Crippen molar-refractivity contribution in [2.75, 3.05) is 0 Å². The first-order chi connectivity index (χ1) is 17.2. The molecule has 2 aromatic carbocycles. The minimum atomic E-state index is 0.00999. The zero-order valence-corrected chi connectivity index (χ0v) is 20.4. The van der Waals surface area contributed by atoms with Crippen molar-refractivity contribution in [2.24, 2.45) is 5.92 Å². The van der Waals surface area contributed by atoms with Crippen LogP contribution in [0.2, 0.25) is 0 Å². The normalized spacial score (nSPS) is 14.4. The van der Waals surface area contributed by atoms with E-state index in [2.05, 4.69) is 57.9 Å². The largest absolute Gasteiger partial charge is 0.346 e. The summed E-state index contributed by atoms with van der Waals surface area (Å²) in [6.07, 6.45) is 9.41. The van der Waals surface area contributed by atoms with Crippen LogP contribution in [0.1, 0.15) is 63.3 Å². The van der Waals surface area contributed by atoms with Gasteiger partial charge in [-0.05, 0) is 40.7 Å². The number of rotatable bonds is 9. The predicted molar refractivity (Wildman–Crippen MR) is 136 cm³/mol. The van der Waals surface area contributed by atoms with E-state index in [-0.39, 0.29) is 5.69 Å². The van der Waals surface area contributed by atoms with Gasteiger partial charge in [-0.1, -0.05) is 87.6 Å². The van der Waals surface area contributed by atoms with Gasteiger partial charge in [0.15, 0.2) is 0 Å². The topological polar surface area (TPSA) is 94.3 Å². The summed E-state index contributed by atoms with van der Waals surface area (Å²) in [6.45, 7) is 3.38. The molecule has 1 fully saturated rings. The summed E-state index contributed by atoms with van der Waals surface area (Å²) in [7, 11) is 0. The van der Waals surface area contributed by atoms with E-state index in [0.717, 1.165) is 59.8 Å². The molecular formula is C27H33N7O. The van der Waals surface area contributed by atoms with Crippen molar-refractivity contribution in [3.8, 4) is 22.5 Å². The molecule has 0 atom stereocenters. The van der Waals surface area contributed by atoms with Gasteiger partial charge in [0, 0.05) is 18.5 Å². The lowest BCUT2D eigenvalue weighted by atomic mass is 9.87. The van der Waals surface area contributed by atoms with Gasteiger partial charge in [-0.2, -0.15) is 10.3 Å². The lowest BCUT2D eigenvalue weighted by Gasteiger charge is -2.20. The van der Waals surface area contributed by atoms with Crippen molar-refractivity contribution >= 4 is 0 Å². The molecule has 0 unspecified atom stereocenters. The van der Waals surface area contributed by atoms with Gasteiger partial charge in [-0.25, -0.2) is 9.48 Å². The lowest BCUT2D eigenvalue weighted by Crippen LogP contribution is -2.27. The van der Waals surface area contributed by atoms with Crippen molar-refractivity contribution in [3.63, 3.8) is 0 Å².